The summed E-state index contributed by atoms with van der Waals surface area (Å²) >= 11 is 0. The lowest BCUT2D eigenvalue weighted by atomic mass is 9.80. The minimum Gasteiger partial charge on any atom is -0.372 e. The first-order chi connectivity index (χ1) is 9.08. The molecule has 1 aromatic carbocycles. The van der Waals surface area contributed by atoms with Crippen LogP contribution in [0.25, 0.3) is 0 Å². The van der Waals surface area contributed by atoms with Gasteiger partial charge in [0.1, 0.15) is 0 Å². The van der Waals surface area contributed by atoms with Crippen molar-refractivity contribution in [2.45, 2.75) is 31.9 Å². The first-order valence-corrected chi connectivity index (χ1v) is 7.29. The SMILES string of the molecule is CC(C)C1(N)CN(CC2OCCc3ccccc32)C1. The standard InChI is InChI=1S/C16H24N2O/c1-12(2)16(17)10-18(11-16)9-15-14-6-4-3-5-13(14)7-8-19-15/h3-6,12,15H,7-11,17H2,1-2H3. The summed E-state index contributed by atoms with van der Waals surface area (Å²) in [6.45, 7) is 8.23. The molecular weight excluding hydrogens is 236 g/mol. The van der Waals surface area contributed by atoms with Gasteiger partial charge in [0.2, 0.25) is 0 Å². The summed E-state index contributed by atoms with van der Waals surface area (Å²) in [4.78, 5) is 2.42. The van der Waals surface area contributed by atoms with Crippen LogP contribution in [-0.2, 0) is 11.2 Å². The summed E-state index contributed by atoms with van der Waals surface area (Å²) in [7, 11) is 0. The molecule has 2 N–H and O–H groups in total. The predicted octanol–water partition coefficient (Wildman–Crippen LogP) is 1.97. The van der Waals surface area contributed by atoms with E-state index in [4.69, 9.17) is 10.5 Å². The summed E-state index contributed by atoms with van der Waals surface area (Å²) in [5, 5.41) is 0. The van der Waals surface area contributed by atoms with E-state index < -0.39 is 0 Å². The zero-order valence-corrected chi connectivity index (χ0v) is 11.9. The molecule has 2 aliphatic rings. The first-order valence-electron chi connectivity index (χ1n) is 7.29. The first kappa shape index (κ1) is 13.1. The Hall–Kier alpha value is -0.900. The quantitative estimate of drug-likeness (QED) is 0.903. The van der Waals surface area contributed by atoms with Crippen molar-refractivity contribution in [1.82, 2.24) is 4.90 Å². The van der Waals surface area contributed by atoms with Crippen molar-refractivity contribution in [3.63, 3.8) is 0 Å². The van der Waals surface area contributed by atoms with E-state index in [1.165, 1.54) is 11.1 Å². The molecule has 0 bridgehead atoms. The minimum absolute atomic E-state index is 0.00812. The Bertz CT molecular complexity index is 452. The maximum atomic E-state index is 6.35. The number of hydrogen-bond acceptors (Lipinski definition) is 3. The van der Waals surface area contributed by atoms with Crippen LogP contribution in [0.15, 0.2) is 24.3 Å². The topological polar surface area (TPSA) is 38.5 Å². The molecule has 0 aliphatic carbocycles. The van der Waals surface area contributed by atoms with E-state index in [0.29, 0.717) is 5.92 Å². The van der Waals surface area contributed by atoms with E-state index in [9.17, 15) is 0 Å². The van der Waals surface area contributed by atoms with E-state index in [0.717, 1.165) is 32.7 Å². The lowest BCUT2D eigenvalue weighted by Gasteiger charge is -2.51. The number of benzene rings is 1. The van der Waals surface area contributed by atoms with Gasteiger partial charge in [-0.25, -0.2) is 0 Å². The van der Waals surface area contributed by atoms with E-state index in [1.807, 2.05) is 0 Å². The Morgan fingerprint density at radius 1 is 1.37 bits per heavy atom. The second-order valence-corrected chi connectivity index (χ2v) is 6.37. The normalized spacial score (nSPS) is 26.0. The van der Waals surface area contributed by atoms with Crippen LogP contribution in [-0.4, -0.2) is 36.7 Å². The van der Waals surface area contributed by atoms with E-state index >= 15 is 0 Å². The van der Waals surface area contributed by atoms with Crippen molar-refractivity contribution in [3.05, 3.63) is 35.4 Å². The molecule has 3 nitrogen and oxygen atoms in total. The van der Waals surface area contributed by atoms with Gasteiger partial charge in [0, 0.05) is 25.2 Å². The number of rotatable bonds is 3. The van der Waals surface area contributed by atoms with Crippen LogP contribution in [0.4, 0.5) is 0 Å². The molecule has 2 heterocycles. The highest BCUT2D eigenvalue weighted by Gasteiger charge is 2.42. The van der Waals surface area contributed by atoms with E-state index in [1.54, 1.807) is 0 Å². The molecule has 1 fully saturated rings. The molecule has 1 saturated heterocycles. The Morgan fingerprint density at radius 2 is 2.11 bits per heavy atom. The molecule has 1 unspecified atom stereocenters. The van der Waals surface area contributed by atoms with Crippen LogP contribution >= 0.6 is 0 Å². The molecule has 2 aliphatic heterocycles. The zero-order chi connectivity index (χ0) is 13.5. The Morgan fingerprint density at radius 3 is 2.84 bits per heavy atom. The third-order valence-electron chi connectivity index (χ3n) is 4.70. The lowest BCUT2D eigenvalue weighted by Crippen LogP contribution is -2.70. The van der Waals surface area contributed by atoms with Crippen molar-refractivity contribution in [1.29, 1.82) is 0 Å². The number of ether oxygens (including phenoxy) is 1. The second kappa shape index (κ2) is 4.89. The Labute approximate surface area is 115 Å². The van der Waals surface area contributed by atoms with Crippen LogP contribution in [0.5, 0.6) is 0 Å². The smallest absolute Gasteiger partial charge is 0.0954 e. The Balaban J connectivity index is 1.64. The number of nitrogens with zero attached hydrogens (tertiary/aromatic N) is 1. The minimum atomic E-state index is 0.00812. The molecule has 0 radical (unpaired) electrons. The molecule has 3 heteroatoms. The average molecular weight is 260 g/mol. The fraction of sp³-hybridized carbons (Fsp3) is 0.625. The summed E-state index contributed by atoms with van der Waals surface area (Å²) < 4.78 is 5.96. The Kier molecular flexibility index (Phi) is 3.37. The van der Waals surface area contributed by atoms with Crippen molar-refractivity contribution >= 4 is 0 Å². The zero-order valence-electron chi connectivity index (χ0n) is 11.9. The average Bonchev–Trinajstić information content (AvgIpc) is 2.37. The third-order valence-corrected chi connectivity index (χ3v) is 4.70. The van der Waals surface area contributed by atoms with E-state index in [-0.39, 0.29) is 11.6 Å². The predicted molar refractivity (Wildman–Crippen MR) is 77.0 cm³/mol. The van der Waals surface area contributed by atoms with Gasteiger partial charge in [-0.3, -0.25) is 4.90 Å². The maximum Gasteiger partial charge on any atom is 0.0954 e. The van der Waals surface area contributed by atoms with Crippen molar-refractivity contribution in [2.24, 2.45) is 11.7 Å². The van der Waals surface area contributed by atoms with Crippen molar-refractivity contribution in [3.8, 4) is 0 Å². The molecule has 0 amide bonds. The molecule has 104 valence electrons. The van der Waals surface area contributed by atoms with Gasteiger partial charge in [-0.05, 0) is 23.5 Å². The molecular formula is C16H24N2O. The maximum absolute atomic E-state index is 6.35. The van der Waals surface area contributed by atoms with Crippen LogP contribution in [0.2, 0.25) is 0 Å². The highest BCUT2D eigenvalue weighted by Crippen LogP contribution is 2.32. The summed E-state index contributed by atoms with van der Waals surface area (Å²) in [6, 6.07) is 8.66. The van der Waals surface area contributed by atoms with Gasteiger partial charge in [0.05, 0.1) is 12.7 Å². The van der Waals surface area contributed by atoms with Gasteiger partial charge < -0.3 is 10.5 Å². The van der Waals surface area contributed by atoms with Gasteiger partial charge in [0.15, 0.2) is 0 Å². The number of hydrogen-bond donors (Lipinski definition) is 1. The van der Waals surface area contributed by atoms with Crippen LogP contribution < -0.4 is 5.73 Å². The molecule has 19 heavy (non-hydrogen) atoms. The van der Waals surface area contributed by atoms with Gasteiger partial charge in [-0.2, -0.15) is 0 Å². The fourth-order valence-electron chi connectivity index (χ4n) is 3.14. The number of fused-ring (bicyclic) bond motifs is 1. The van der Waals surface area contributed by atoms with Gasteiger partial charge >= 0.3 is 0 Å². The highest BCUT2D eigenvalue weighted by atomic mass is 16.5. The van der Waals surface area contributed by atoms with E-state index in [2.05, 4.69) is 43.0 Å². The van der Waals surface area contributed by atoms with Crippen molar-refractivity contribution in [2.75, 3.05) is 26.2 Å². The van der Waals surface area contributed by atoms with Gasteiger partial charge in [0.25, 0.3) is 0 Å². The molecule has 0 aromatic heterocycles. The second-order valence-electron chi connectivity index (χ2n) is 6.37. The number of nitrogens with two attached hydrogens (primary N) is 1. The summed E-state index contributed by atoms with van der Waals surface area (Å²) in [5.41, 5.74) is 9.18. The molecule has 0 spiro atoms. The number of likely N-dealkylation sites (tertiary alicyclic amines) is 1. The largest absolute Gasteiger partial charge is 0.372 e. The highest BCUT2D eigenvalue weighted by molar-refractivity contribution is 5.31. The van der Waals surface area contributed by atoms with Crippen LogP contribution in [0.1, 0.15) is 31.1 Å². The monoisotopic (exact) mass is 260 g/mol. The molecule has 3 rings (SSSR count). The van der Waals surface area contributed by atoms with Gasteiger partial charge in [-0.1, -0.05) is 38.1 Å². The summed E-state index contributed by atoms with van der Waals surface area (Å²) in [5.74, 6) is 0.545. The third kappa shape index (κ3) is 2.42. The van der Waals surface area contributed by atoms with Crippen LogP contribution in [0.3, 0.4) is 0 Å². The molecule has 0 saturated carbocycles. The van der Waals surface area contributed by atoms with Crippen LogP contribution in [0, 0.1) is 5.92 Å². The van der Waals surface area contributed by atoms with Gasteiger partial charge in [-0.15, -0.1) is 0 Å². The lowest BCUT2D eigenvalue weighted by molar-refractivity contribution is -0.0331. The molecule has 1 aromatic rings. The summed E-state index contributed by atoms with van der Waals surface area (Å²) in [6.07, 6.45) is 1.26. The fourth-order valence-corrected chi connectivity index (χ4v) is 3.14. The van der Waals surface area contributed by atoms with Crippen molar-refractivity contribution < 1.29 is 4.74 Å². The molecule has 1 atom stereocenters.